The van der Waals surface area contributed by atoms with Crippen molar-refractivity contribution < 1.29 is 9.18 Å². The van der Waals surface area contributed by atoms with Crippen molar-refractivity contribution in [3.05, 3.63) is 65.5 Å². The van der Waals surface area contributed by atoms with E-state index in [0.29, 0.717) is 11.3 Å². The third-order valence-corrected chi connectivity index (χ3v) is 2.98. The largest absolute Gasteiger partial charge is 0.324 e. The fourth-order valence-corrected chi connectivity index (χ4v) is 1.86. The van der Waals surface area contributed by atoms with Crippen LogP contribution in [0.4, 0.5) is 10.1 Å². The Bertz CT molecular complexity index is 662. The van der Waals surface area contributed by atoms with E-state index < -0.39 is 17.6 Å². The number of carbonyl (C=O) groups is 1. The SMILES string of the molecule is Cc1ccc(F)cc1NC(=O)C(C#N)c1ccccc1. The molecule has 0 spiro atoms. The molecule has 0 radical (unpaired) electrons. The van der Waals surface area contributed by atoms with Gasteiger partial charge in [-0.3, -0.25) is 4.79 Å². The van der Waals surface area contributed by atoms with Crippen LogP contribution in [0.3, 0.4) is 0 Å². The van der Waals surface area contributed by atoms with E-state index in [1.165, 1.54) is 12.1 Å². The van der Waals surface area contributed by atoms with Gasteiger partial charge in [0, 0.05) is 5.69 Å². The Kier molecular flexibility index (Phi) is 4.11. The molecule has 0 saturated carbocycles. The molecule has 1 atom stereocenters. The number of nitrogens with one attached hydrogen (secondary N) is 1. The second-order valence-corrected chi connectivity index (χ2v) is 4.42. The molecule has 2 aromatic rings. The van der Waals surface area contributed by atoms with E-state index in [1.807, 2.05) is 12.1 Å². The number of nitriles is 1. The Hall–Kier alpha value is -2.67. The maximum absolute atomic E-state index is 13.2. The van der Waals surface area contributed by atoms with Crippen LogP contribution in [0.2, 0.25) is 0 Å². The number of aryl methyl sites for hydroxylation is 1. The Morgan fingerprint density at radius 3 is 2.60 bits per heavy atom. The molecule has 0 aliphatic carbocycles. The van der Waals surface area contributed by atoms with E-state index in [-0.39, 0.29) is 0 Å². The first-order chi connectivity index (χ1) is 9.61. The molecule has 0 saturated heterocycles. The van der Waals surface area contributed by atoms with Crippen LogP contribution in [-0.2, 0) is 4.79 Å². The predicted octanol–water partition coefficient (Wildman–Crippen LogP) is 3.38. The van der Waals surface area contributed by atoms with Crippen molar-refractivity contribution >= 4 is 11.6 Å². The standard InChI is InChI=1S/C16H13FN2O/c1-11-7-8-13(17)9-15(11)19-16(20)14(10-18)12-5-3-2-4-6-12/h2-9,14H,1H3,(H,19,20). The number of rotatable bonds is 3. The monoisotopic (exact) mass is 268 g/mol. The minimum absolute atomic E-state index is 0.381. The minimum Gasteiger partial charge on any atom is -0.324 e. The molecule has 3 nitrogen and oxygen atoms in total. The van der Waals surface area contributed by atoms with Crippen molar-refractivity contribution in [3.8, 4) is 6.07 Å². The van der Waals surface area contributed by atoms with E-state index >= 15 is 0 Å². The van der Waals surface area contributed by atoms with E-state index in [1.54, 1.807) is 37.3 Å². The molecule has 0 aromatic heterocycles. The number of hydrogen-bond acceptors (Lipinski definition) is 2. The Morgan fingerprint density at radius 2 is 1.95 bits per heavy atom. The van der Waals surface area contributed by atoms with E-state index in [9.17, 15) is 9.18 Å². The molecule has 1 N–H and O–H groups in total. The first-order valence-corrected chi connectivity index (χ1v) is 6.13. The highest BCUT2D eigenvalue weighted by Gasteiger charge is 2.20. The summed E-state index contributed by atoms with van der Waals surface area (Å²) in [6.07, 6.45) is 0. The Balaban J connectivity index is 2.23. The van der Waals surface area contributed by atoms with E-state index in [4.69, 9.17) is 5.26 Å². The molecule has 4 heteroatoms. The fourth-order valence-electron chi connectivity index (χ4n) is 1.86. The first kappa shape index (κ1) is 13.8. The zero-order valence-electron chi connectivity index (χ0n) is 10.9. The normalized spacial score (nSPS) is 11.4. The molecule has 2 rings (SSSR count). The average Bonchev–Trinajstić information content (AvgIpc) is 2.45. The van der Waals surface area contributed by atoms with Crippen LogP contribution in [0.1, 0.15) is 17.0 Å². The molecule has 20 heavy (non-hydrogen) atoms. The highest BCUT2D eigenvalue weighted by Crippen LogP contribution is 2.20. The van der Waals surface area contributed by atoms with Crippen molar-refractivity contribution in [2.75, 3.05) is 5.32 Å². The lowest BCUT2D eigenvalue weighted by molar-refractivity contribution is -0.116. The fraction of sp³-hybridized carbons (Fsp3) is 0.125. The number of anilines is 1. The number of nitrogens with zero attached hydrogens (tertiary/aromatic N) is 1. The van der Waals surface area contributed by atoms with Gasteiger partial charge in [0.2, 0.25) is 5.91 Å². The maximum Gasteiger partial charge on any atom is 0.246 e. The highest BCUT2D eigenvalue weighted by molar-refractivity contribution is 5.98. The molecule has 0 aliphatic rings. The van der Waals surface area contributed by atoms with Gasteiger partial charge in [-0.1, -0.05) is 36.4 Å². The van der Waals surface area contributed by atoms with E-state index in [0.717, 1.165) is 5.56 Å². The molecule has 100 valence electrons. The number of amides is 1. The summed E-state index contributed by atoms with van der Waals surface area (Å²) in [5.41, 5.74) is 1.73. The summed E-state index contributed by atoms with van der Waals surface area (Å²) in [5.74, 6) is -1.81. The minimum atomic E-state index is -0.918. The first-order valence-electron chi connectivity index (χ1n) is 6.13. The van der Waals surface area contributed by atoms with Gasteiger partial charge in [0.05, 0.1) is 6.07 Å². The summed E-state index contributed by atoms with van der Waals surface area (Å²) >= 11 is 0. The predicted molar refractivity (Wildman–Crippen MR) is 74.6 cm³/mol. The zero-order valence-corrected chi connectivity index (χ0v) is 10.9. The zero-order chi connectivity index (χ0) is 14.5. The van der Waals surface area contributed by atoms with Crippen LogP contribution in [0.5, 0.6) is 0 Å². The average molecular weight is 268 g/mol. The second kappa shape index (κ2) is 5.98. The smallest absolute Gasteiger partial charge is 0.246 e. The van der Waals surface area contributed by atoms with Crippen LogP contribution < -0.4 is 5.32 Å². The van der Waals surface area contributed by atoms with Crippen LogP contribution in [0.25, 0.3) is 0 Å². The molecule has 1 unspecified atom stereocenters. The number of halogens is 1. The van der Waals surface area contributed by atoms with Crippen molar-refractivity contribution in [1.29, 1.82) is 5.26 Å². The lowest BCUT2D eigenvalue weighted by Gasteiger charge is -2.12. The lowest BCUT2D eigenvalue weighted by Crippen LogP contribution is -2.20. The summed E-state index contributed by atoms with van der Waals surface area (Å²) in [6, 6.07) is 14.9. The lowest BCUT2D eigenvalue weighted by atomic mass is 9.99. The van der Waals surface area contributed by atoms with Crippen LogP contribution in [0, 0.1) is 24.1 Å². The summed E-state index contributed by atoms with van der Waals surface area (Å²) in [5, 5.41) is 11.8. The third-order valence-electron chi connectivity index (χ3n) is 2.98. The van der Waals surface area contributed by atoms with Gasteiger partial charge in [0.25, 0.3) is 0 Å². The van der Waals surface area contributed by atoms with Crippen LogP contribution in [0.15, 0.2) is 48.5 Å². The van der Waals surface area contributed by atoms with Crippen LogP contribution in [-0.4, -0.2) is 5.91 Å². The van der Waals surface area contributed by atoms with Gasteiger partial charge >= 0.3 is 0 Å². The van der Waals surface area contributed by atoms with Gasteiger partial charge in [-0.2, -0.15) is 5.26 Å². The van der Waals surface area contributed by atoms with E-state index in [2.05, 4.69) is 5.32 Å². The van der Waals surface area contributed by atoms with Crippen molar-refractivity contribution in [1.82, 2.24) is 0 Å². The van der Waals surface area contributed by atoms with Crippen molar-refractivity contribution in [2.24, 2.45) is 0 Å². The van der Waals surface area contributed by atoms with Gasteiger partial charge in [0.15, 0.2) is 5.92 Å². The van der Waals surface area contributed by atoms with Gasteiger partial charge in [0.1, 0.15) is 5.82 Å². The summed E-state index contributed by atoms with van der Waals surface area (Å²) in [4.78, 5) is 12.2. The van der Waals surface area contributed by atoms with Crippen LogP contribution >= 0.6 is 0 Å². The van der Waals surface area contributed by atoms with Gasteiger partial charge in [-0.05, 0) is 30.2 Å². The molecule has 0 aliphatic heterocycles. The maximum atomic E-state index is 13.2. The van der Waals surface area contributed by atoms with Crippen molar-refractivity contribution in [3.63, 3.8) is 0 Å². The summed E-state index contributed by atoms with van der Waals surface area (Å²) in [7, 11) is 0. The summed E-state index contributed by atoms with van der Waals surface area (Å²) < 4.78 is 13.2. The molecular formula is C16H13FN2O. The Morgan fingerprint density at radius 1 is 1.25 bits per heavy atom. The van der Waals surface area contributed by atoms with Crippen molar-refractivity contribution in [2.45, 2.75) is 12.8 Å². The number of benzene rings is 2. The molecule has 0 heterocycles. The topological polar surface area (TPSA) is 52.9 Å². The molecule has 1 amide bonds. The number of carbonyl (C=O) groups excluding carboxylic acids is 1. The van der Waals surface area contributed by atoms with Gasteiger partial charge in [-0.25, -0.2) is 4.39 Å². The van der Waals surface area contributed by atoms with Gasteiger partial charge in [-0.15, -0.1) is 0 Å². The molecule has 2 aromatic carbocycles. The number of hydrogen-bond donors (Lipinski definition) is 1. The van der Waals surface area contributed by atoms with Gasteiger partial charge < -0.3 is 5.32 Å². The summed E-state index contributed by atoms with van der Waals surface area (Å²) in [6.45, 7) is 1.76. The third kappa shape index (κ3) is 3.01. The molecule has 0 bridgehead atoms. The second-order valence-electron chi connectivity index (χ2n) is 4.42. The quantitative estimate of drug-likeness (QED) is 0.927. The Labute approximate surface area is 116 Å². The highest BCUT2D eigenvalue weighted by atomic mass is 19.1. The molecule has 0 fully saturated rings. The molecular weight excluding hydrogens is 255 g/mol.